The van der Waals surface area contributed by atoms with Crippen molar-refractivity contribution in [2.24, 2.45) is 0 Å². The Balaban J connectivity index is 1.69. The van der Waals surface area contributed by atoms with Gasteiger partial charge >= 0.3 is 0 Å². The number of aromatic nitrogens is 4. The van der Waals surface area contributed by atoms with Crippen molar-refractivity contribution in [2.45, 2.75) is 0 Å². The van der Waals surface area contributed by atoms with Crippen LogP contribution in [-0.2, 0) is 0 Å². The summed E-state index contributed by atoms with van der Waals surface area (Å²) in [5, 5.41) is 3.59. The highest BCUT2D eigenvalue weighted by Gasteiger charge is 2.20. The zero-order chi connectivity index (χ0) is 21.1. The molecule has 4 heterocycles. The highest BCUT2D eigenvalue weighted by Crippen LogP contribution is 2.42. The molecule has 0 unspecified atom stereocenters. The smallest absolute Gasteiger partial charge is 0.234 e. The van der Waals surface area contributed by atoms with E-state index in [0.29, 0.717) is 5.95 Å². The number of hydrogen-bond donors (Lipinski definition) is 0. The van der Waals surface area contributed by atoms with E-state index in [1.807, 2.05) is 35.6 Å². The molecule has 0 amide bonds. The lowest BCUT2D eigenvalue weighted by molar-refractivity contribution is 0.990. The van der Waals surface area contributed by atoms with E-state index in [-0.39, 0.29) is 0 Å². The number of pyridine rings is 1. The van der Waals surface area contributed by atoms with Gasteiger partial charge in [0.25, 0.3) is 0 Å². The summed E-state index contributed by atoms with van der Waals surface area (Å²) in [5.74, 6) is 0.657. The Bertz CT molecular complexity index is 1770. The second-order valence-electron chi connectivity index (χ2n) is 7.75. The van der Waals surface area contributed by atoms with Crippen LogP contribution in [-0.4, -0.2) is 19.5 Å². The van der Waals surface area contributed by atoms with E-state index in [1.165, 1.54) is 20.2 Å². The van der Waals surface area contributed by atoms with E-state index >= 15 is 0 Å². The zero-order valence-corrected chi connectivity index (χ0v) is 17.8. The summed E-state index contributed by atoms with van der Waals surface area (Å²) in [7, 11) is 0. The molecule has 0 atom stereocenters. The first-order valence-electron chi connectivity index (χ1n) is 10.5. The molecule has 0 saturated heterocycles. The molecule has 7 aromatic rings. The Labute approximate surface area is 187 Å². The highest BCUT2D eigenvalue weighted by atomic mass is 32.1. The number of rotatable bonds is 2. The van der Waals surface area contributed by atoms with Gasteiger partial charge in [-0.2, -0.15) is 0 Å². The lowest BCUT2D eigenvalue weighted by Gasteiger charge is -2.06. The van der Waals surface area contributed by atoms with Gasteiger partial charge in [0, 0.05) is 43.5 Å². The van der Waals surface area contributed by atoms with E-state index in [0.717, 1.165) is 33.2 Å². The van der Waals surface area contributed by atoms with Gasteiger partial charge in [0.2, 0.25) is 5.95 Å². The summed E-state index contributed by atoms with van der Waals surface area (Å²) >= 11 is 1.82. The molecular weight excluding hydrogens is 412 g/mol. The van der Waals surface area contributed by atoms with Gasteiger partial charge in [-0.3, -0.25) is 4.57 Å². The van der Waals surface area contributed by atoms with Crippen LogP contribution in [0.25, 0.3) is 59.3 Å². The Morgan fingerprint density at radius 2 is 1.47 bits per heavy atom. The molecule has 5 heteroatoms. The average molecular weight is 429 g/mol. The van der Waals surface area contributed by atoms with Crippen LogP contribution in [0.4, 0.5) is 0 Å². The fraction of sp³-hybridized carbons (Fsp3) is 0. The van der Waals surface area contributed by atoms with Crippen molar-refractivity contribution in [3.8, 4) is 17.2 Å². The van der Waals surface area contributed by atoms with Gasteiger partial charge in [-0.15, -0.1) is 11.3 Å². The van der Waals surface area contributed by atoms with Gasteiger partial charge in [-0.25, -0.2) is 15.0 Å². The fourth-order valence-electron chi connectivity index (χ4n) is 4.56. The van der Waals surface area contributed by atoms with Crippen LogP contribution in [0, 0.1) is 0 Å². The minimum absolute atomic E-state index is 0.657. The van der Waals surface area contributed by atoms with Crippen molar-refractivity contribution in [3.05, 3.63) is 97.3 Å². The average Bonchev–Trinajstić information content (AvgIpc) is 3.40. The number of benzene rings is 3. The molecule has 0 aliphatic heterocycles. The van der Waals surface area contributed by atoms with Crippen LogP contribution in [0.15, 0.2) is 97.3 Å². The van der Waals surface area contributed by atoms with Crippen LogP contribution in [0.2, 0.25) is 0 Å². The third-order valence-electron chi connectivity index (χ3n) is 5.93. The molecule has 3 aromatic carbocycles. The minimum Gasteiger partial charge on any atom is -0.276 e. The maximum atomic E-state index is 5.12. The lowest BCUT2D eigenvalue weighted by atomic mass is 10.1. The van der Waals surface area contributed by atoms with Crippen molar-refractivity contribution < 1.29 is 0 Å². The predicted octanol–water partition coefficient (Wildman–Crippen LogP) is 7.00. The molecule has 0 N–H and O–H groups in total. The molecule has 150 valence electrons. The van der Waals surface area contributed by atoms with Gasteiger partial charge in [0.05, 0.1) is 22.2 Å². The first kappa shape index (κ1) is 17.6. The van der Waals surface area contributed by atoms with Crippen LogP contribution >= 0.6 is 11.3 Å². The van der Waals surface area contributed by atoms with E-state index in [9.17, 15) is 0 Å². The second kappa shape index (κ2) is 6.70. The van der Waals surface area contributed by atoms with E-state index < -0.39 is 0 Å². The van der Waals surface area contributed by atoms with Crippen LogP contribution in [0.5, 0.6) is 0 Å². The van der Waals surface area contributed by atoms with Gasteiger partial charge in [-0.1, -0.05) is 48.5 Å². The van der Waals surface area contributed by atoms with Crippen LogP contribution in [0.3, 0.4) is 0 Å². The maximum Gasteiger partial charge on any atom is 0.234 e. The summed E-state index contributed by atoms with van der Waals surface area (Å²) in [5.41, 5.74) is 5.15. The predicted molar refractivity (Wildman–Crippen MR) is 132 cm³/mol. The molecule has 0 fully saturated rings. The Morgan fingerprint density at radius 3 is 2.34 bits per heavy atom. The van der Waals surface area contributed by atoms with Gasteiger partial charge < -0.3 is 0 Å². The molecule has 7 rings (SSSR count). The first-order chi connectivity index (χ1) is 15.9. The molecule has 0 spiro atoms. The molecule has 0 bridgehead atoms. The van der Waals surface area contributed by atoms with Crippen LogP contribution in [0.1, 0.15) is 0 Å². The van der Waals surface area contributed by atoms with E-state index in [2.05, 4.69) is 75.2 Å². The number of thiophene rings is 1. The first-order valence-corrected chi connectivity index (χ1v) is 11.3. The quantitative estimate of drug-likeness (QED) is 0.298. The molecule has 0 aliphatic carbocycles. The fourth-order valence-corrected chi connectivity index (χ4v) is 5.67. The number of fused-ring (bicyclic) bond motifs is 7. The molecule has 0 aliphatic rings. The van der Waals surface area contributed by atoms with Gasteiger partial charge in [0.1, 0.15) is 0 Å². The second-order valence-corrected chi connectivity index (χ2v) is 8.83. The van der Waals surface area contributed by atoms with Crippen LogP contribution < -0.4 is 0 Å². The van der Waals surface area contributed by atoms with Crippen molar-refractivity contribution >= 4 is 53.4 Å². The summed E-state index contributed by atoms with van der Waals surface area (Å²) in [6, 6.07) is 29.4. The molecule has 32 heavy (non-hydrogen) atoms. The van der Waals surface area contributed by atoms with Crippen molar-refractivity contribution in [1.29, 1.82) is 0 Å². The third-order valence-corrected chi connectivity index (χ3v) is 7.07. The molecule has 4 aromatic heterocycles. The van der Waals surface area contributed by atoms with Gasteiger partial charge in [-0.05, 0) is 36.4 Å². The standard InChI is InChI=1S/C27H16N4S/c1-2-7-17(8-3-1)20-12-13-21-25(30-20)19-11-14-23-24(18-9-4-5-10-22(18)32-23)26(19)31(21)27-28-15-6-16-29-27/h1-16H. The van der Waals surface area contributed by atoms with Crippen molar-refractivity contribution in [1.82, 2.24) is 19.5 Å². The lowest BCUT2D eigenvalue weighted by Crippen LogP contribution is -2.00. The number of nitrogens with zero attached hydrogens (tertiary/aromatic N) is 4. The SMILES string of the molecule is c1ccc(-c2ccc3c(n2)c2ccc4sc5ccccc5c4c2n3-c2ncccn2)cc1. The normalized spacial score (nSPS) is 11.8. The van der Waals surface area contributed by atoms with E-state index in [4.69, 9.17) is 4.98 Å². The zero-order valence-electron chi connectivity index (χ0n) is 16.9. The van der Waals surface area contributed by atoms with E-state index in [1.54, 1.807) is 12.4 Å². The molecule has 4 nitrogen and oxygen atoms in total. The molecule has 0 radical (unpaired) electrons. The topological polar surface area (TPSA) is 43.6 Å². The summed E-state index contributed by atoms with van der Waals surface area (Å²) in [6.07, 6.45) is 3.58. The Kier molecular flexibility index (Phi) is 3.68. The monoisotopic (exact) mass is 428 g/mol. The largest absolute Gasteiger partial charge is 0.276 e. The number of hydrogen-bond acceptors (Lipinski definition) is 4. The summed E-state index contributed by atoms with van der Waals surface area (Å²) < 4.78 is 4.69. The Morgan fingerprint density at radius 1 is 0.656 bits per heavy atom. The minimum atomic E-state index is 0.657. The highest BCUT2D eigenvalue weighted by molar-refractivity contribution is 7.26. The maximum absolute atomic E-state index is 5.12. The Hall–Kier alpha value is -4.09. The molecular formula is C27H16N4S. The molecule has 0 saturated carbocycles. The van der Waals surface area contributed by atoms with Gasteiger partial charge in [0.15, 0.2) is 0 Å². The van der Waals surface area contributed by atoms with Crippen molar-refractivity contribution in [2.75, 3.05) is 0 Å². The summed E-state index contributed by atoms with van der Waals surface area (Å²) in [4.78, 5) is 14.3. The van der Waals surface area contributed by atoms with Crippen molar-refractivity contribution in [3.63, 3.8) is 0 Å². The summed E-state index contributed by atoms with van der Waals surface area (Å²) in [6.45, 7) is 0. The third kappa shape index (κ3) is 2.46.